The molecule has 0 aromatic carbocycles. The molecule has 0 aliphatic carbocycles. The Morgan fingerprint density at radius 3 is 2.16 bits per heavy atom. The number of aliphatic imine (C=N–C) groups is 1. The fourth-order valence-electron chi connectivity index (χ4n) is 2.29. The molecule has 1 aliphatic heterocycles. The molecule has 1 aromatic rings. The van der Waals surface area contributed by atoms with Crippen LogP contribution in [0.4, 0.5) is 8.63 Å². The molecular weight excluding hydrogens is 245 g/mol. The molecule has 0 amide bonds. The second kappa shape index (κ2) is 6.50. The van der Waals surface area contributed by atoms with E-state index in [0.717, 1.165) is 11.4 Å². The minimum Gasteiger partial charge on any atom is -0.359 e. The fraction of sp³-hybridized carbons (Fsp3) is 0.357. The Hall–Kier alpha value is -1.65. The molecule has 1 aliphatic rings. The molecule has 0 fully saturated rings. The molecule has 0 spiro atoms. The van der Waals surface area contributed by atoms with E-state index in [-0.39, 0.29) is 0 Å². The van der Waals surface area contributed by atoms with Gasteiger partial charge in [0.25, 0.3) is 0 Å². The van der Waals surface area contributed by atoms with Crippen molar-refractivity contribution < 1.29 is 8.63 Å². The van der Waals surface area contributed by atoms with Gasteiger partial charge in [-0.1, -0.05) is 0 Å². The molecule has 5 heteroatoms. The average molecular weight is 263 g/mol. The quantitative estimate of drug-likeness (QED) is 0.734. The summed E-state index contributed by atoms with van der Waals surface area (Å²) in [5, 5.41) is 0. The monoisotopic (exact) mass is 263 g/mol. The average Bonchev–Trinajstić information content (AvgIpc) is 2.81. The Labute approximate surface area is 113 Å². The summed E-state index contributed by atoms with van der Waals surface area (Å²) in [6.45, 7) is 10.5. The minimum atomic E-state index is -1.00. The Kier molecular flexibility index (Phi) is 5.27. The summed E-state index contributed by atoms with van der Waals surface area (Å²) in [6.07, 6.45) is 2.13. The molecule has 0 unspecified atom stereocenters. The van der Waals surface area contributed by atoms with E-state index in [0.29, 0.717) is 0 Å². The number of aromatic nitrogens is 1. The van der Waals surface area contributed by atoms with Crippen molar-refractivity contribution in [2.24, 2.45) is 4.99 Å². The molecule has 0 saturated heterocycles. The van der Waals surface area contributed by atoms with E-state index in [1.807, 2.05) is 6.92 Å². The number of aromatic amines is 1. The molecule has 2 nitrogen and oxygen atoms in total. The van der Waals surface area contributed by atoms with Crippen molar-refractivity contribution in [1.29, 1.82) is 0 Å². The van der Waals surface area contributed by atoms with Gasteiger partial charge in [-0.2, -0.15) is 0 Å². The van der Waals surface area contributed by atoms with Gasteiger partial charge in [-0.15, -0.1) is 0 Å². The maximum Gasteiger partial charge on any atom is 0.577 e. The van der Waals surface area contributed by atoms with E-state index < -0.39 is 7.83 Å². The van der Waals surface area contributed by atoms with Gasteiger partial charge in [0.05, 0.1) is 5.70 Å². The summed E-state index contributed by atoms with van der Waals surface area (Å²) in [6, 6.07) is 2.17. The SMILES string of the molecule is CC1=CC(C)=NC1=C(C)c1[nH]c(C)cc1C.F[B]F. The van der Waals surface area contributed by atoms with Crippen molar-refractivity contribution >= 4 is 19.1 Å². The normalized spacial score (nSPS) is 16.4. The molecule has 0 saturated carbocycles. The van der Waals surface area contributed by atoms with Gasteiger partial charge >= 0.3 is 7.83 Å². The third kappa shape index (κ3) is 3.66. The van der Waals surface area contributed by atoms with Crippen LogP contribution in [0.3, 0.4) is 0 Å². The number of aryl methyl sites for hydroxylation is 2. The maximum atomic E-state index is 9.50. The first-order chi connectivity index (χ1) is 8.90. The van der Waals surface area contributed by atoms with Gasteiger partial charge in [0.2, 0.25) is 0 Å². The zero-order valence-electron chi connectivity index (χ0n) is 11.9. The van der Waals surface area contributed by atoms with Crippen LogP contribution in [0, 0.1) is 13.8 Å². The molecular formula is C14H18BF2N2. The van der Waals surface area contributed by atoms with Crippen LogP contribution in [-0.4, -0.2) is 18.5 Å². The zero-order valence-corrected chi connectivity index (χ0v) is 11.9. The summed E-state index contributed by atoms with van der Waals surface area (Å²) in [5.74, 6) is 0. The number of halogens is 2. The van der Waals surface area contributed by atoms with Crippen molar-refractivity contribution in [1.82, 2.24) is 4.98 Å². The van der Waals surface area contributed by atoms with Crippen LogP contribution in [0.2, 0.25) is 0 Å². The van der Waals surface area contributed by atoms with E-state index in [4.69, 9.17) is 0 Å². The second-order valence-electron chi connectivity index (χ2n) is 4.65. The lowest BCUT2D eigenvalue weighted by molar-refractivity contribution is 0.712. The first kappa shape index (κ1) is 15.4. The minimum absolute atomic E-state index is 1.00. The van der Waals surface area contributed by atoms with E-state index in [1.165, 1.54) is 28.1 Å². The van der Waals surface area contributed by atoms with Crippen molar-refractivity contribution in [2.75, 3.05) is 0 Å². The standard InChI is InChI=1S/C14H18N2.BF2/c1-8-6-10(3)15-13(8)12(5)14-9(2)7-11(4)16-14;2-1-3/h6-7,15H,1-5H3;. The van der Waals surface area contributed by atoms with Crippen LogP contribution in [0.15, 0.2) is 28.4 Å². The molecule has 19 heavy (non-hydrogen) atoms. The predicted octanol–water partition coefficient (Wildman–Crippen LogP) is 4.24. The summed E-state index contributed by atoms with van der Waals surface area (Å²) in [5.41, 5.74) is 8.38. The first-order valence-electron chi connectivity index (χ1n) is 6.04. The summed E-state index contributed by atoms with van der Waals surface area (Å²) < 4.78 is 19.0. The Bertz CT molecular complexity index is 554. The van der Waals surface area contributed by atoms with E-state index >= 15 is 0 Å². The van der Waals surface area contributed by atoms with E-state index in [9.17, 15) is 8.63 Å². The fourth-order valence-corrected chi connectivity index (χ4v) is 2.29. The Morgan fingerprint density at radius 1 is 1.21 bits per heavy atom. The third-order valence-corrected chi connectivity index (χ3v) is 2.97. The van der Waals surface area contributed by atoms with Crippen LogP contribution < -0.4 is 0 Å². The van der Waals surface area contributed by atoms with Gasteiger partial charge in [-0.05, 0) is 63.5 Å². The number of hydrogen-bond donors (Lipinski definition) is 1. The lowest BCUT2D eigenvalue weighted by Crippen LogP contribution is -1.89. The predicted molar refractivity (Wildman–Crippen MR) is 77.7 cm³/mol. The molecule has 2 heterocycles. The number of hydrogen-bond acceptors (Lipinski definition) is 1. The molecule has 0 atom stereocenters. The smallest absolute Gasteiger partial charge is 0.359 e. The molecule has 1 radical (unpaired) electrons. The lowest BCUT2D eigenvalue weighted by atomic mass is 10.1. The highest BCUT2D eigenvalue weighted by Crippen LogP contribution is 2.29. The number of nitrogens with one attached hydrogen (secondary N) is 1. The zero-order chi connectivity index (χ0) is 14.6. The largest absolute Gasteiger partial charge is 0.577 e. The Morgan fingerprint density at radius 2 is 1.79 bits per heavy atom. The van der Waals surface area contributed by atoms with Crippen molar-refractivity contribution in [3.63, 3.8) is 0 Å². The van der Waals surface area contributed by atoms with Gasteiger partial charge in [0, 0.05) is 17.1 Å². The highest BCUT2D eigenvalue weighted by Gasteiger charge is 2.14. The number of nitrogens with zero attached hydrogens (tertiary/aromatic N) is 1. The molecule has 101 valence electrons. The molecule has 1 N–H and O–H groups in total. The number of allylic oxidation sites excluding steroid dienone is 3. The van der Waals surface area contributed by atoms with Crippen LogP contribution in [0.1, 0.15) is 37.7 Å². The molecule has 2 rings (SSSR count). The van der Waals surface area contributed by atoms with Gasteiger partial charge in [0.15, 0.2) is 0 Å². The highest BCUT2D eigenvalue weighted by molar-refractivity contribution is 6.15. The highest BCUT2D eigenvalue weighted by atomic mass is 19.2. The second-order valence-corrected chi connectivity index (χ2v) is 4.65. The van der Waals surface area contributed by atoms with Gasteiger partial charge < -0.3 is 4.98 Å². The van der Waals surface area contributed by atoms with Crippen LogP contribution in [0.25, 0.3) is 5.57 Å². The van der Waals surface area contributed by atoms with Crippen molar-refractivity contribution in [2.45, 2.75) is 34.6 Å². The lowest BCUT2D eigenvalue weighted by Gasteiger charge is -2.05. The molecule has 0 bridgehead atoms. The van der Waals surface area contributed by atoms with E-state index in [2.05, 4.69) is 49.8 Å². The topological polar surface area (TPSA) is 28.1 Å². The maximum absolute atomic E-state index is 9.50. The van der Waals surface area contributed by atoms with Crippen LogP contribution in [0.5, 0.6) is 0 Å². The number of H-pyrrole nitrogens is 1. The van der Waals surface area contributed by atoms with E-state index in [1.54, 1.807) is 0 Å². The van der Waals surface area contributed by atoms with Gasteiger partial charge in [-0.25, -0.2) is 0 Å². The molecule has 1 aromatic heterocycles. The third-order valence-electron chi connectivity index (χ3n) is 2.97. The Balaban J connectivity index is 0.000000550. The summed E-state index contributed by atoms with van der Waals surface area (Å²) >= 11 is 0. The van der Waals surface area contributed by atoms with Crippen LogP contribution >= 0.6 is 0 Å². The van der Waals surface area contributed by atoms with Crippen molar-refractivity contribution in [3.8, 4) is 0 Å². The van der Waals surface area contributed by atoms with Gasteiger partial charge in [0.1, 0.15) is 0 Å². The van der Waals surface area contributed by atoms with Crippen LogP contribution in [-0.2, 0) is 0 Å². The first-order valence-corrected chi connectivity index (χ1v) is 6.04. The summed E-state index contributed by atoms with van der Waals surface area (Å²) in [4.78, 5) is 7.98. The summed E-state index contributed by atoms with van der Waals surface area (Å²) in [7, 11) is -1.00. The number of rotatable bonds is 1. The van der Waals surface area contributed by atoms with Crippen molar-refractivity contribution in [3.05, 3.63) is 40.4 Å². The van der Waals surface area contributed by atoms with Gasteiger partial charge in [-0.3, -0.25) is 13.6 Å².